The number of ketones is 2. The Balaban J connectivity index is 1.30. The van der Waals surface area contributed by atoms with Gasteiger partial charge < -0.3 is 19.1 Å². The van der Waals surface area contributed by atoms with Gasteiger partial charge in [0.25, 0.3) is 5.56 Å². The summed E-state index contributed by atoms with van der Waals surface area (Å²) in [5.41, 5.74) is 2.05. The Hall–Kier alpha value is -5.98. The third-order valence-corrected chi connectivity index (χ3v) is 9.96. The highest BCUT2D eigenvalue weighted by Gasteiger charge is 2.45. The van der Waals surface area contributed by atoms with Crippen molar-refractivity contribution in [1.29, 1.82) is 0 Å². The highest BCUT2D eigenvalue weighted by Crippen LogP contribution is 2.51. The van der Waals surface area contributed by atoms with Crippen molar-refractivity contribution in [3.05, 3.63) is 126 Å². The van der Waals surface area contributed by atoms with E-state index in [0.29, 0.717) is 51.2 Å². The summed E-state index contributed by atoms with van der Waals surface area (Å²) in [6.07, 6.45) is 5.14. The van der Waals surface area contributed by atoms with E-state index in [4.69, 9.17) is 9.47 Å². The maximum atomic E-state index is 14.1. The average molecular weight is 678 g/mol. The number of rotatable bonds is 8. The normalized spacial score (nSPS) is 18.3. The summed E-state index contributed by atoms with van der Waals surface area (Å²) in [6.45, 7) is 5.25. The molecular formula is C37H35N5O8. The Morgan fingerprint density at radius 1 is 1.06 bits per heavy atom. The van der Waals surface area contributed by atoms with E-state index in [2.05, 4.69) is 11.6 Å². The van der Waals surface area contributed by atoms with Gasteiger partial charge in [-0.05, 0) is 30.6 Å². The molecule has 1 N–H and O–H groups in total. The number of benzene rings is 2. The van der Waals surface area contributed by atoms with E-state index in [1.54, 1.807) is 56.5 Å². The first-order valence-corrected chi connectivity index (χ1v) is 16.2. The summed E-state index contributed by atoms with van der Waals surface area (Å²) in [4.78, 5) is 72.9. The van der Waals surface area contributed by atoms with Crippen molar-refractivity contribution < 1.29 is 24.2 Å². The summed E-state index contributed by atoms with van der Waals surface area (Å²) >= 11 is 0. The minimum absolute atomic E-state index is 0.0139. The van der Waals surface area contributed by atoms with Gasteiger partial charge >= 0.3 is 11.4 Å². The zero-order valence-corrected chi connectivity index (χ0v) is 28.1. The number of aromatic hydroxyl groups is 1. The first kappa shape index (κ1) is 32.6. The van der Waals surface area contributed by atoms with Gasteiger partial charge in [0, 0.05) is 66.8 Å². The predicted octanol–water partition coefficient (Wildman–Crippen LogP) is 2.82. The molecule has 4 aromatic rings. The van der Waals surface area contributed by atoms with Crippen LogP contribution in [0.1, 0.15) is 42.1 Å². The number of phenolic OH excluding ortho intramolecular Hbond substituents is 1. The average Bonchev–Trinajstić information content (AvgIpc) is 3.36. The predicted molar refractivity (Wildman–Crippen MR) is 184 cm³/mol. The standard InChI is InChI=1S/C37H35N5O8/c1-6-8-20-9-7-10-22(34(20)45)31-21-11-14-41-36(47)40(37(48)42(41)26(21)16-23-28(43)15-19(2)33(44)32(23)31)13-12-24-35(46)39(3)27-18-30(50-5)29(49-4)17-25(27)38-24/h6-7,9-11,15,17-18,26,31,45H,1,8,12-14,16H2,2-5H3/t26-,31-/m1/s1. The fraction of sp³-hybridized carbons (Fsp3) is 0.297. The van der Waals surface area contributed by atoms with Crippen molar-refractivity contribution >= 4 is 22.6 Å². The van der Waals surface area contributed by atoms with Crippen LogP contribution in [0.25, 0.3) is 11.0 Å². The van der Waals surface area contributed by atoms with Crippen molar-refractivity contribution in [2.75, 3.05) is 14.2 Å². The molecule has 256 valence electrons. The first-order valence-electron chi connectivity index (χ1n) is 16.2. The van der Waals surface area contributed by atoms with Crippen molar-refractivity contribution in [2.45, 2.75) is 51.2 Å². The maximum absolute atomic E-state index is 14.1. The van der Waals surface area contributed by atoms with E-state index in [1.807, 2.05) is 0 Å². The molecule has 3 heterocycles. The second-order valence-corrected chi connectivity index (χ2v) is 12.6. The molecule has 0 saturated carbocycles. The zero-order valence-electron chi connectivity index (χ0n) is 28.1. The lowest BCUT2D eigenvalue weighted by molar-refractivity contribution is -0.116. The van der Waals surface area contributed by atoms with Crippen LogP contribution in [0.4, 0.5) is 0 Å². The van der Waals surface area contributed by atoms with E-state index in [-0.39, 0.29) is 65.6 Å². The van der Waals surface area contributed by atoms with Crippen LogP contribution in [0, 0.1) is 0 Å². The van der Waals surface area contributed by atoms with Gasteiger partial charge in [-0.25, -0.2) is 28.5 Å². The first-order chi connectivity index (χ1) is 24.0. The summed E-state index contributed by atoms with van der Waals surface area (Å²) in [7, 11) is 4.60. The molecule has 0 unspecified atom stereocenters. The molecular weight excluding hydrogens is 642 g/mol. The third kappa shape index (κ3) is 4.83. The molecule has 0 bridgehead atoms. The molecule has 0 saturated heterocycles. The zero-order chi connectivity index (χ0) is 35.6. The molecule has 0 fully saturated rings. The number of para-hydroxylation sites is 1. The van der Waals surface area contributed by atoms with Crippen molar-refractivity contribution in [1.82, 2.24) is 23.5 Å². The van der Waals surface area contributed by atoms with Crippen LogP contribution in [-0.4, -0.2) is 54.4 Å². The molecule has 0 radical (unpaired) electrons. The van der Waals surface area contributed by atoms with Gasteiger partial charge in [-0.1, -0.05) is 30.4 Å². The van der Waals surface area contributed by atoms with Crippen LogP contribution < -0.4 is 26.4 Å². The topological polar surface area (TPSA) is 157 Å². The minimum Gasteiger partial charge on any atom is -0.507 e. The Bertz CT molecular complexity index is 2450. The Labute approximate surface area is 285 Å². The Kier molecular flexibility index (Phi) is 7.92. The number of nitrogens with zero attached hydrogens (tertiary/aromatic N) is 5. The lowest BCUT2D eigenvalue weighted by Gasteiger charge is -2.39. The number of carbonyl (C=O) groups is 2. The third-order valence-electron chi connectivity index (χ3n) is 9.96. The Morgan fingerprint density at radius 2 is 1.80 bits per heavy atom. The quantitative estimate of drug-likeness (QED) is 0.219. The second kappa shape index (κ2) is 12.2. The van der Waals surface area contributed by atoms with Gasteiger partial charge in [-0.3, -0.25) is 14.4 Å². The Morgan fingerprint density at radius 3 is 2.52 bits per heavy atom. The minimum atomic E-state index is -0.826. The SMILES string of the molecule is C=CCc1cccc([C@H]2C3=CCn4c(=O)n(CCc5nc6cc(OC)c(OC)cc6n(C)c5=O)c(=O)n4[C@@H]3CC3=C2C(=O)C(C)=CC3=O)c1O. The molecule has 2 aliphatic carbocycles. The number of hydrogen-bond acceptors (Lipinski definition) is 9. The number of aromatic nitrogens is 5. The maximum Gasteiger partial charge on any atom is 0.347 e. The molecule has 3 aliphatic rings. The number of ether oxygens (including phenoxy) is 2. The van der Waals surface area contributed by atoms with Gasteiger partial charge in [0.05, 0.1) is 37.8 Å². The fourth-order valence-corrected chi connectivity index (χ4v) is 7.48. The number of aryl methyl sites for hydroxylation is 2. The van der Waals surface area contributed by atoms with Crippen LogP contribution in [0.5, 0.6) is 17.2 Å². The number of methoxy groups -OCH3 is 2. The number of Topliss-reactive ketones (excluding diaryl/α,β-unsaturated/α-hetero) is 1. The van der Waals surface area contributed by atoms with E-state index >= 15 is 0 Å². The highest BCUT2D eigenvalue weighted by atomic mass is 16.5. The molecule has 2 aromatic carbocycles. The number of fused-ring (bicyclic) bond motifs is 4. The molecule has 2 aromatic heterocycles. The number of allylic oxidation sites excluding steroid dienone is 7. The van der Waals surface area contributed by atoms with Gasteiger partial charge in [0.15, 0.2) is 23.1 Å². The molecule has 0 spiro atoms. The van der Waals surface area contributed by atoms with Gasteiger partial charge in [-0.2, -0.15) is 0 Å². The highest BCUT2D eigenvalue weighted by molar-refractivity contribution is 6.23. The summed E-state index contributed by atoms with van der Waals surface area (Å²) in [5, 5.41) is 11.4. The molecule has 13 nitrogen and oxygen atoms in total. The van der Waals surface area contributed by atoms with Crippen LogP contribution in [0.2, 0.25) is 0 Å². The molecule has 2 atom stereocenters. The van der Waals surface area contributed by atoms with E-state index in [0.717, 1.165) is 4.57 Å². The van der Waals surface area contributed by atoms with Crippen molar-refractivity contribution in [3.63, 3.8) is 0 Å². The van der Waals surface area contributed by atoms with Crippen LogP contribution in [0.3, 0.4) is 0 Å². The number of hydrogen-bond donors (Lipinski definition) is 1. The summed E-state index contributed by atoms with van der Waals surface area (Å²) in [5.74, 6) is -0.619. The smallest absolute Gasteiger partial charge is 0.347 e. The van der Waals surface area contributed by atoms with Gasteiger partial charge in [-0.15, -0.1) is 6.58 Å². The molecule has 0 amide bonds. The van der Waals surface area contributed by atoms with Gasteiger partial charge in [0.2, 0.25) is 0 Å². The fourth-order valence-electron chi connectivity index (χ4n) is 7.48. The van der Waals surface area contributed by atoms with Gasteiger partial charge in [0.1, 0.15) is 11.4 Å². The summed E-state index contributed by atoms with van der Waals surface area (Å²) in [6, 6.07) is 7.78. The second-order valence-electron chi connectivity index (χ2n) is 12.6. The molecule has 50 heavy (non-hydrogen) atoms. The molecule has 7 rings (SSSR count). The van der Waals surface area contributed by atoms with Crippen LogP contribution in [0.15, 0.2) is 91.8 Å². The number of carbonyl (C=O) groups excluding carboxylic acids is 2. The van der Waals surface area contributed by atoms with E-state index < -0.39 is 23.3 Å². The van der Waals surface area contributed by atoms with Crippen LogP contribution >= 0.6 is 0 Å². The lowest BCUT2D eigenvalue weighted by atomic mass is 9.67. The number of phenols is 1. The van der Waals surface area contributed by atoms with E-state index in [9.17, 15) is 29.1 Å². The van der Waals surface area contributed by atoms with E-state index in [1.165, 1.54) is 34.2 Å². The summed E-state index contributed by atoms with van der Waals surface area (Å²) < 4.78 is 15.9. The van der Waals surface area contributed by atoms with Crippen molar-refractivity contribution in [2.24, 2.45) is 7.05 Å². The molecule has 13 heteroatoms. The molecule has 1 aliphatic heterocycles. The van der Waals surface area contributed by atoms with Crippen LogP contribution in [-0.2, 0) is 42.6 Å². The largest absolute Gasteiger partial charge is 0.507 e. The monoisotopic (exact) mass is 677 g/mol. The lowest BCUT2D eigenvalue weighted by Crippen LogP contribution is -2.41. The van der Waals surface area contributed by atoms with Crippen molar-refractivity contribution in [3.8, 4) is 17.2 Å².